The molecule has 0 radical (unpaired) electrons. The van der Waals surface area contributed by atoms with Crippen molar-refractivity contribution < 1.29 is 29.6 Å². The van der Waals surface area contributed by atoms with Crippen LogP contribution in [0.3, 0.4) is 0 Å². The Morgan fingerprint density at radius 3 is 2.60 bits per heavy atom. The molecular formula is C17H26N2O6. The first kappa shape index (κ1) is 19.9. The average Bonchev–Trinajstić information content (AvgIpc) is 2.62. The van der Waals surface area contributed by atoms with Crippen molar-refractivity contribution in [1.82, 2.24) is 0 Å². The van der Waals surface area contributed by atoms with E-state index in [1.54, 1.807) is 0 Å². The van der Waals surface area contributed by atoms with Crippen LogP contribution >= 0.6 is 0 Å². The van der Waals surface area contributed by atoms with Crippen LogP contribution in [0.15, 0.2) is 30.3 Å². The van der Waals surface area contributed by atoms with E-state index in [1.807, 2.05) is 30.3 Å². The van der Waals surface area contributed by atoms with Gasteiger partial charge in [0.2, 0.25) is 5.79 Å². The highest BCUT2D eigenvalue weighted by atomic mass is 16.7. The standard InChI is InChI=1S/C17H26N2O6/c1-10(20)17(24-9-11-5-3-2-4-6-11)7-12(21)14(19)16(25-17)15(23)13(22)8-18/h2-6,12-16,21-23H,7-9,18-19H2,1H3/t12-,13+,14+,15+,16+,17+/m0/s1. The van der Waals surface area contributed by atoms with Gasteiger partial charge in [0.15, 0.2) is 5.78 Å². The molecule has 0 spiro atoms. The second-order valence-electron chi connectivity index (χ2n) is 6.31. The van der Waals surface area contributed by atoms with Gasteiger partial charge in [-0.15, -0.1) is 0 Å². The second-order valence-corrected chi connectivity index (χ2v) is 6.31. The predicted octanol–water partition coefficient (Wildman–Crippen LogP) is -1.35. The molecule has 0 aliphatic carbocycles. The fraction of sp³-hybridized carbons (Fsp3) is 0.588. The Morgan fingerprint density at radius 2 is 2.04 bits per heavy atom. The summed E-state index contributed by atoms with van der Waals surface area (Å²) in [6, 6.07) is 8.16. The van der Waals surface area contributed by atoms with E-state index < -0.39 is 42.0 Å². The molecule has 8 heteroatoms. The number of hydrogen-bond acceptors (Lipinski definition) is 8. The number of ketones is 1. The van der Waals surface area contributed by atoms with E-state index >= 15 is 0 Å². The summed E-state index contributed by atoms with van der Waals surface area (Å²) in [5.74, 6) is -2.22. The summed E-state index contributed by atoms with van der Waals surface area (Å²) in [5.41, 5.74) is 12.1. The summed E-state index contributed by atoms with van der Waals surface area (Å²) >= 11 is 0. The quantitative estimate of drug-likeness (QED) is 0.403. The minimum atomic E-state index is -1.76. The number of hydrogen-bond donors (Lipinski definition) is 5. The van der Waals surface area contributed by atoms with Gasteiger partial charge in [-0.3, -0.25) is 4.79 Å². The number of benzene rings is 1. The van der Waals surface area contributed by atoms with Crippen LogP contribution in [0, 0.1) is 0 Å². The second kappa shape index (κ2) is 8.33. The molecule has 1 aliphatic rings. The largest absolute Gasteiger partial charge is 0.391 e. The van der Waals surface area contributed by atoms with E-state index in [9.17, 15) is 20.1 Å². The van der Waals surface area contributed by atoms with E-state index in [2.05, 4.69) is 0 Å². The summed E-state index contributed by atoms with van der Waals surface area (Å²) in [5, 5.41) is 30.3. The summed E-state index contributed by atoms with van der Waals surface area (Å²) in [6.07, 6.45) is -5.30. The smallest absolute Gasteiger partial charge is 0.231 e. The van der Waals surface area contributed by atoms with Crippen LogP contribution in [0.25, 0.3) is 0 Å². The summed E-state index contributed by atoms with van der Waals surface area (Å²) in [6.45, 7) is 1.13. The number of nitrogens with two attached hydrogens (primary N) is 2. The molecule has 2 rings (SSSR count). The summed E-state index contributed by atoms with van der Waals surface area (Å²) in [4.78, 5) is 12.2. The number of Topliss-reactive ketones (excluding diaryl/α,β-unsaturated/α-hetero) is 1. The maximum Gasteiger partial charge on any atom is 0.231 e. The van der Waals surface area contributed by atoms with Crippen LogP contribution in [0.5, 0.6) is 0 Å². The molecular weight excluding hydrogens is 328 g/mol. The third-order valence-electron chi connectivity index (χ3n) is 4.45. The highest BCUT2D eigenvalue weighted by Crippen LogP contribution is 2.33. The molecule has 0 amide bonds. The van der Waals surface area contributed by atoms with Crippen LogP contribution in [-0.4, -0.2) is 63.9 Å². The van der Waals surface area contributed by atoms with E-state index in [1.165, 1.54) is 6.92 Å². The van der Waals surface area contributed by atoms with Crippen molar-refractivity contribution in [3.63, 3.8) is 0 Å². The van der Waals surface area contributed by atoms with Gasteiger partial charge in [0.25, 0.3) is 0 Å². The lowest BCUT2D eigenvalue weighted by molar-refractivity contribution is -0.302. The SMILES string of the molecule is CC(=O)[C@@]1(OCc2ccccc2)C[C@H](O)[C@@H](N)[C@H]([C@H](O)[C@H](O)CN)O1. The van der Waals surface area contributed by atoms with E-state index in [-0.39, 0.29) is 19.6 Å². The van der Waals surface area contributed by atoms with Crippen molar-refractivity contribution in [2.45, 2.75) is 56.2 Å². The third-order valence-corrected chi connectivity index (χ3v) is 4.45. The average molecular weight is 354 g/mol. The van der Waals surface area contributed by atoms with E-state index in [0.29, 0.717) is 0 Å². The molecule has 1 saturated heterocycles. The Labute approximate surface area is 146 Å². The molecule has 1 fully saturated rings. The Hall–Kier alpha value is -1.39. The first-order chi connectivity index (χ1) is 11.8. The normalized spacial score (nSPS) is 32.2. The van der Waals surface area contributed by atoms with Gasteiger partial charge in [0, 0.05) is 19.9 Å². The van der Waals surface area contributed by atoms with Crippen LogP contribution in [0.2, 0.25) is 0 Å². The zero-order valence-electron chi connectivity index (χ0n) is 14.1. The van der Waals surface area contributed by atoms with E-state index in [0.717, 1.165) is 5.56 Å². The van der Waals surface area contributed by atoms with Crippen molar-refractivity contribution in [2.75, 3.05) is 6.54 Å². The highest BCUT2D eigenvalue weighted by Gasteiger charge is 2.52. The fourth-order valence-electron chi connectivity index (χ4n) is 2.83. The Bertz CT molecular complexity index is 572. The van der Waals surface area contributed by atoms with Gasteiger partial charge in [-0.2, -0.15) is 0 Å². The number of aliphatic hydroxyl groups is 3. The maximum atomic E-state index is 12.2. The van der Waals surface area contributed by atoms with Crippen LogP contribution in [0.1, 0.15) is 18.9 Å². The van der Waals surface area contributed by atoms with Crippen LogP contribution in [-0.2, 0) is 20.9 Å². The summed E-state index contributed by atoms with van der Waals surface area (Å²) < 4.78 is 11.4. The molecule has 0 saturated carbocycles. The van der Waals surface area contributed by atoms with Crippen LogP contribution < -0.4 is 11.5 Å². The lowest BCUT2D eigenvalue weighted by Gasteiger charge is -2.46. The number of carbonyl (C=O) groups excluding carboxylic acids is 1. The molecule has 0 bridgehead atoms. The number of carbonyl (C=O) groups is 1. The lowest BCUT2D eigenvalue weighted by atomic mass is 9.88. The topological polar surface area (TPSA) is 148 Å². The van der Waals surface area contributed by atoms with Gasteiger partial charge in [-0.25, -0.2) is 0 Å². The zero-order chi connectivity index (χ0) is 18.6. The minimum Gasteiger partial charge on any atom is -0.391 e. The fourth-order valence-corrected chi connectivity index (χ4v) is 2.83. The molecule has 0 unspecified atom stereocenters. The van der Waals surface area contributed by atoms with Gasteiger partial charge in [0.05, 0.1) is 24.9 Å². The van der Waals surface area contributed by atoms with E-state index in [4.69, 9.17) is 20.9 Å². The third kappa shape index (κ3) is 4.42. The molecule has 1 aromatic carbocycles. The van der Waals surface area contributed by atoms with Crippen molar-refractivity contribution >= 4 is 5.78 Å². The molecule has 25 heavy (non-hydrogen) atoms. The van der Waals surface area contributed by atoms with Crippen molar-refractivity contribution in [1.29, 1.82) is 0 Å². The van der Waals surface area contributed by atoms with Gasteiger partial charge >= 0.3 is 0 Å². The molecule has 1 heterocycles. The van der Waals surface area contributed by atoms with Crippen molar-refractivity contribution in [2.24, 2.45) is 11.5 Å². The van der Waals surface area contributed by atoms with Crippen molar-refractivity contribution in [3.05, 3.63) is 35.9 Å². The highest BCUT2D eigenvalue weighted by molar-refractivity contribution is 5.83. The molecule has 8 nitrogen and oxygen atoms in total. The molecule has 6 atom stereocenters. The molecule has 140 valence electrons. The summed E-state index contributed by atoms with van der Waals surface area (Å²) in [7, 11) is 0. The molecule has 1 aliphatic heterocycles. The van der Waals surface area contributed by atoms with Crippen LogP contribution in [0.4, 0.5) is 0 Å². The Morgan fingerprint density at radius 1 is 1.40 bits per heavy atom. The molecule has 7 N–H and O–H groups in total. The molecule has 1 aromatic rings. The van der Waals surface area contributed by atoms with Gasteiger partial charge in [-0.05, 0) is 5.56 Å². The van der Waals surface area contributed by atoms with Gasteiger partial charge < -0.3 is 36.3 Å². The van der Waals surface area contributed by atoms with Gasteiger partial charge in [0.1, 0.15) is 12.2 Å². The minimum absolute atomic E-state index is 0.0740. The Kier molecular flexibility index (Phi) is 6.64. The number of aliphatic hydroxyl groups excluding tert-OH is 3. The monoisotopic (exact) mass is 354 g/mol. The first-order valence-electron chi connectivity index (χ1n) is 8.17. The number of rotatable bonds is 7. The van der Waals surface area contributed by atoms with Crippen molar-refractivity contribution in [3.8, 4) is 0 Å². The predicted molar refractivity (Wildman–Crippen MR) is 89.2 cm³/mol. The van der Waals surface area contributed by atoms with Gasteiger partial charge in [-0.1, -0.05) is 30.3 Å². The Balaban J connectivity index is 2.22. The maximum absolute atomic E-state index is 12.2. The lowest BCUT2D eigenvalue weighted by Crippen LogP contribution is -2.66. The molecule has 0 aromatic heterocycles. The zero-order valence-corrected chi connectivity index (χ0v) is 14.1. The first-order valence-corrected chi connectivity index (χ1v) is 8.17. The number of ether oxygens (including phenoxy) is 2.